The normalized spacial score (nSPS) is 13.2. The molecule has 1 fully saturated rings. The molecule has 7 heteroatoms. The number of carbonyl (C=O) groups excluding carboxylic acids is 3. The summed E-state index contributed by atoms with van der Waals surface area (Å²) < 4.78 is 5.29. The number of likely N-dealkylation sites (N-methyl/N-ethyl adjacent to an activating group) is 2. The minimum atomic E-state index is -0.553. The number of ether oxygens (including phenoxy) is 1. The molecule has 1 heterocycles. The van der Waals surface area contributed by atoms with Gasteiger partial charge >= 0.3 is 5.97 Å². The molecule has 1 aliphatic rings. The molecule has 154 valence electrons. The lowest BCUT2D eigenvalue weighted by Crippen LogP contribution is -2.42. The SMILES string of the molecule is CCN(CC)C(=O)CN(C)C(=O)COC(=O)c1cc(C2CC2)nc2ccccc12. The third kappa shape index (κ3) is 4.91. The zero-order chi connectivity index (χ0) is 21.0. The molecule has 7 nitrogen and oxygen atoms in total. The second kappa shape index (κ2) is 9.03. The van der Waals surface area contributed by atoms with Crippen LogP contribution in [0.15, 0.2) is 30.3 Å². The maximum absolute atomic E-state index is 12.7. The largest absolute Gasteiger partial charge is 0.452 e. The summed E-state index contributed by atoms with van der Waals surface area (Å²) in [6, 6.07) is 9.20. The number of benzene rings is 1. The van der Waals surface area contributed by atoms with E-state index in [1.165, 1.54) is 11.9 Å². The molecule has 1 aromatic carbocycles. The standard InChI is InChI=1S/C22H27N3O4/c1-4-25(5-2)20(26)13-24(3)21(27)14-29-22(28)17-12-19(15-10-11-15)23-18-9-7-6-8-16(17)18/h6-9,12,15H,4-5,10-11,13-14H2,1-3H3. The Morgan fingerprint density at radius 3 is 2.45 bits per heavy atom. The highest BCUT2D eigenvalue weighted by Gasteiger charge is 2.27. The predicted molar refractivity (Wildman–Crippen MR) is 110 cm³/mol. The maximum atomic E-state index is 12.7. The Bertz CT molecular complexity index is 919. The van der Waals surface area contributed by atoms with Gasteiger partial charge in [-0.05, 0) is 38.8 Å². The molecule has 3 rings (SSSR count). The van der Waals surface area contributed by atoms with E-state index in [2.05, 4.69) is 4.98 Å². The van der Waals surface area contributed by atoms with Gasteiger partial charge in [-0.3, -0.25) is 14.6 Å². The van der Waals surface area contributed by atoms with Gasteiger partial charge in [0.2, 0.25) is 5.91 Å². The zero-order valence-electron chi connectivity index (χ0n) is 17.2. The number of nitrogens with zero attached hydrogens (tertiary/aromatic N) is 3. The molecule has 0 unspecified atom stereocenters. The summed E-state index contributed by atoms with van der Waals surface area (Å²) in [5.74, 6) is -0.710. The first-order valence-corrected chi connectivity index (χ1v) is 10.0. The zero-order valence-corrected chi connectivity index (χ0v) is 17.2. The molecule has 1 aliphatic carbocycles. The van der Waals surface area contributed by atoms with Crippen LogP contribution < -0.4 is 0 Å². The Kier molecular flexibility index (Phi) is 6.46. The van der Waals surface area contributed by atoms with Crippen LogP contribution in [-0.2, 0) is 14.3 Å². The Balaban J connectivity index is 1.66. The second-order valence-corrected chi connectivity index (χ2v) is 7.28. The molecule has 0 aliphatic heterocycles. The Morgan fingerprint density at radius 1 is 1.10 bits per heavy atom. The Hall–Kier alpha value is -2.96. The first-order valence-electron chi connectivity index (χ1n) is 10.0. The maximum Gasteiger partial charge on any atom is 0.339 e. The van der Waals surface area contributed by atoms with E-state index in [9.17, 15) is 14.4 Å². The highest BCUT2D eigenvalue weighted by atomic mass is 16.5. The van der Waals surface area contributed by atoms with E-state index in [0.29, 0.717) is 30.0 Å². The van der Waals surface area contributed by atoms with Crippen LogP contribution in [-0.4, -0.2) is 65.9 Å². The number of hydrogen-bond donors (Lipinski definition) is 0. The smallest absolute Gasteiger partial charge is 0.339 e. The number of esters is 1. The quantitative estimate of drug-likeness (QED) is 0.640. The summed E-state index contributed by atoms with van der Waals surface area (Å²) >= 11 is 0. The summed E-state index contributed by atoms with van der Waals surface area (Å²) in [5.41, 5.74) is 2.06. The van der Waals surface area contributed by atoms with E-state index in [0.717, 1.165) is 24.1 Å². The minimum absolute atomic E-state index is 0.0396. The van der Waals surface area contributed by atoms with E-state index in [-0.39, 0.29) is 12.5 Å². The molecule has 0 bridgehead atoms. The minimum Gasteiger partial charge on any atom is -0.452 e. The molecular weight excluding hydrogens is 370 g/mol. The number of carbonyl (C=O) groups is 3. The van der Waals surface area contributed by atoms with Crippen LogP contribution in [0.3, 0.4) is 0 Å². The number of aromatic nitrogens is 1. The number of pyridine rings is 1. The number of hydrogen-bond acceptors (Lipinski definition) is 5. The molecule has 0 saturated heterocycles. The van der Waals surface area contributed by atoms with Crippen molar-refractivity contribution in [2.75, 3.05) is 33.3 Å². The third-order valence-corrected chi connectivity index (χ3v) is 5.19. The van der Waals surface area contributed by atoms with Gasteiger partial charge in [0.25, 0.3) is 5.91 Å². The molecule has 0 N–H and O–H groups in total. The van der Waals surface area contributed by atoms with Crippen molar-refractivity contribution >= 4 is 28.7 Å². The molecule has 1 aromatic heterocycles. The summed E-state index contributed by atoms with van der Waals surface area (Å²) in [4.78, 5) is 44.8. The number of rotatable bonds is 8. The van der Waals surface area contributed by atoms with Gasteiger partial charge in [-0.2, -0.15) is 0 Å². The van der Waals surface area contributed by atoms with Crippen molar-refractivity contribution in [2.24, 2.45) is 0 Å². The predicted octanol–water partition coefficient (Wildman–Crippen LogP) is 2.60. The summed E-state index contributed by atoms with van der Waals surface area (Å²) in [7, 11) is 1.53. The van der Waals surface area contributed by atoms with Crippen LogP contribution >= 0.6 is 0 Å². The van der Waals surface area contributed by atoms with E-state index >= 15 is 0 Å². The van der Waals surface area contributed by atoms with Crippen molar-refractivity contribution < 1.29 is 19.1 Å². The Labute approximate surface area is 170 Å². The molecular formula is C22H27N3O4. The van der Waals surface area contributed by atoms with E-state index in [1.54, 1.807) is 11.0 Å². The Morgan fingerprint density at radius 2 is 1.79 bits per heavy atom. The lowest BCUT2D eigenvalue weighted by molar-refractivity contribution is -0.140. The fourth-order valence-corrected chi connectivity index (χ4v) is 3.24. The van der Waals surface area contributed by atoms with E-state index < -0.39 is 18.5 Å². The van der Waals surface area contributed by atoms with Crippen molar-refractivity contribution in [3.8, 4) is 0 Å². The van der Waals surface area contributed by atoms with Crippen molar-refractivity contribution in [3.05, 3.63) is 41.6 Å². The van der Waals surface area contributed by atoms with Gasteiger partial charge in [-0.1, -0.05) is 18.2 Å². The lowest BCUT2D eigenvalue weighted by atomic mass is 10.1. The van der Waals surface area contributed by atoms with Crippen LogP contribution in [0.2, 0.25) is 0 Å². The van der Waals surface area contributed by atoms with Crippen molar-refractivity contribution in [3.63, 3.8) is 0 Å². The van der Waals surface area contributed by atoms with Gasteiger partial charge in [0.1, 0.15) is 0 Å². The molecule has 29 heavy (non-hydrogen) atoms. The van der Waals surface area contributed by atoms with Crippen LogP contribution in [0.4, 0.5) is 0 Å². The van der Waals surface area contributed by atoms with Crippen LogP contribution in [0.25, 0.3) is 10.9 Å². The van der Waals surface area contributed by atoms with Gasteiger partial charge in [0, 0.05) is 37.1 Å². The first kappa shape index (κ1) is 20.8. The average Bonchev–Trinajstić information content (AvgIpc) is 3.57. The van der Waals surface area contributed by atoms with Crippen molar-refractivity contribution in [1.29, 1.82) is 0 Å². The molecule has 2 amide bonds. The average molecular weight is 397 g/mol. The van der Waals surface area contributed by atoms with Gasteiger partial charge < -0.3 is 14.5 Å². The highest BCUT2D eigenvalue weighted by Crippen LogP contribution is 2.40. The van der Waals surface area contributed by atoms with Crippen molar-refractivity contribution in [2.45, 2.75) is 32.6 Å². The highest BCUT2D eigenvalue weighted by molar-refractivity contribution is 6.04. The van der Waals surface area contributed by atoms with Gasteiger partial charge in [-0.15, -0.1) is 0 Å². The van der Waals surface area contributed by atoms with Gasteiger partial charge in [0.15, 0.2) is 6.61 Å². The summed E-state index contributed by atoms with van der Waals surface area (Å²) in [6.45, 7) is 4.51. The van der Waals surface area contributed by atoms with E-state index in [1.807, 2.05) is 38.1 Å². The molecule has 2 aromatic rings. The monoisotopic (exact) mass is 397 g/mol. The molecule has 1 saturated carbocycles. The number of fused-ring (bicyclic) bond motifs is 1. The topological polar surface area (TPSA) is 79.8 Å². The van der Waals surface area contributed by atoms with Crippen molar-refractivity contribution in [1.82, 2.24) is 14.8 Å². The first-order chi connectivity index (χ1) is 13.9. The second-order valence-electron chi connectivity index (χ2n) is 7.28. The number of para-hydroxylation sites is 1. The van der Waals surface area contributed by atoms with Crippen LogP contribution in [0.1, 0.15) is 48.7 Å². The molecule has 0 atom stereocenters. The fraction of sp³-hybridized carbons (Fsp3) is 0.455. The van der Waals surface area contributed by atoms with E-state index in [4.69, 9.17) is 4.74 Å². The summed E-state index contributed by atoms with van der Waals surface area (Å²) in [6.07, 6.45) is 2.15. The molecule has 0 spiro atoms. The van der Waals surface area contributed by atoms with Gasteiger partial charge in [-0.25, -0.2) is 4.79 Å². The fourth-order valence-electron chi connectivity index (χ4n) is 3.24. The van der Waals surface area contributed by atoms with Crippen LogP contribution in [0, 0.1) is 0 Å². The number of amides is 2. The van der Waals surface area contributed by atoms with Gasteiger partial charge in [0.05, 0.1) is 17.6 Å². The lowest BCUT2D eigenvalue weighted by Gasteiger charge is -2.23. The molecule has 0 radical (unpaired) electrons. The third-order valence-electron chi connectivity index (χ3n) is 5.19. The summed E-state index contributed by atoms with van der Waals surface area (Å²) in [5, 5.41) is 0.708. The van der Waals surface area contributed by atoms with Crippen LogP contribution in [0.5, 0.6) is 0 Å².